The molecule has 0 atom stereocenters. The number of halogens is 1. The Hall–Kier alpha value is -1.53. The summed E-state index contributed by atoms with van der Waals surface area (Å²) in [6, 6.07) is 6.15. The van der Waals surface area contributed by atoms with E-state index in [1.807, 2.05) is 30.1 Å². The minimum absolute atomic E-state index is 0.604. The van der Waals surface area contributed by atoms with Gasteiger partial charge in [-0.25, -0.2) is 0 Å². The summed E-state index contributed by atoms with van der Waals surface area (Å²) in [5, 5.41) is 7.79. The second-order valence-electron chi connectivity index (χ2n) is 5.01. The number of ether oxygens (including phenoxy) is 2. The van der Waals surface area contributed by atoms with Gasteiger partial charge in [0.15, 0.2) is 11.5 Å². The average molecular weight is 352 g/mol. The number of hydrogen-bond donors (Lipinski definition) is 1. The molecule has 0 bridgehead atoms. The van der Waals surface area contributed by atoms with Crippen LogP contribution in [-0.2, 0) is 20.0 Å². The van der Waals surface area contributed by atoms with Crippen molar-refractivity contribution in [2.75, 3.05) is 19.8 Å². The molecule has 0 aliphatic carbocycles. The molecule has 1 aromatic carbocycles. The average Bonchev–Trinajstić information content (AvgIpc) is 2.89. The number of hydrogen-bond acceptors (Lipinski definition) is 4. The highest BCUT2D eigenvalue weighted by Gasteiger charge is 2.16. The van der Waals surface area contributed by atoms with Gasteiger partial charge >= 0.3 is 0 Å². The first-order chi connectivity index (χ1) is 10.2. The highest BCUT2D eigenvalue weighted by molar-refractivity contribution is 9.10. The Kier molecular flexibility index (Phi) is 4.45. The molecule has 1 aromatic heterocycles. The van der Waals surface area contributed by atoms with E-state index in [4.69, 9.17) is 9.47 Å². The van der Waals surface area contributed by atoms with Crippen molar-refractivity contribution in [3.63, 3.8) is 0 Å². The Bertz CT molecular complexity index is 627. The summed E-state index contributed by atoms with van der Waals surface area (Å²) in [5.41, 5.74) is 2.28. The fourth-order valence-corrected chi connectivity index (χ4v) is 2.92. The molecule has 1 aliphatic heterocycles. The van der Waals surface area contributed by atoms with Crippen LogP contribution < -0.4 is 14.8 Å². The molecule has 21 heavy (non-hydrogen) atoms. The quantitative estimate of drug-likeness (QED) is 0.839. The zero-order valence-corrected chi connectivity index (χ0v) is 13.5. The van der Waals surface area contributed by atoms with Gasteiger partial charge in [0, 0.05) is 32.8 Å². The zero-order valence-electron chi connectivity index (χ0n) is 11.9. The Balaban J connectivity index is 1.54. The molecule has 1 aliphatic rings. The first-order valence-corrected chi connectivity index (χ1v) is 7.79. The number of aryl methyl sites for hydroxylation is 1. The van der Waals surface area contributed by atoms with Crippen molar-refractivity contribution in [3.05, 3.63) is 40.1 Å². The first kappa shape index (κ1) is 14.4. The highest BCUT2D eigenvalue weighted by atomic mass is 79.9. The zero-order chi connectivity index (χ0) is 14.7. The molecular weight excluding hydrogens is 334 g/mol. The number of nitrogens with zero attached hydrogens (tertiary/aromatic N) is 2. The van der Waals surface area contributed by atoms with Crippen LogP contribution in [0.15, 0.2) is 28.9 Å². The second-order valence-corrected chi connectivity index (χ2v) is 5.86. The van der Waals surface area contributed by atoms with Gasteiger partial charge in [0.2, 0.25) is 0 Å². The molecule has 5 nitrogen and oxygen atoms in total. The lowest BCUT2D eigenvalue weighted by Gasteiger charge is -2.20. The Morgan fingerprint density at radius 2 is 2.19 bits per heavy atom. The number of benzene rings is 1. The van der Waals surface area contributed by atoms with E-state index in [1.54, 1.807) is 0 Å². The molecule has 1 N–H and O–H groups in total. The van der Waals surface area contributed by atoms with E-state index >= 15 is 0 Å². The molecule has 0 saturated heterocycles. The molecule has 2 heterocycles. The molecule has 0 saturated carbocycles. The minimum atomic E-state index is 0.604. The molecule has 0 fully saturated rings. The van der Waals surface area contributed by atoms with Gasteiger partial charge in [-0.05, 0) is 39.7 Å². The van der Waals surface area contributed by atoms with Crippen molar-refractivity contribution in [3.8, 4) is 11.5 Å². The molecule has 112 valence electrons. The third-order valence-electron chi connectivity index (χ3n) is 3.31. The van der Waals surface area contributed by atoms with E-state index in [0.29, 0.717) is 13.2 Å². The Morgan fingerprint density at radius 3 is 3.00 bits per heavy atom. The largest absolute Gasteiger partial charge is 0.486 e. The summed E-state index contributed by atoms with van der Waals surface area (Å²) in [6.45, 7) is 2.90. The molecular formula is C15H18BrN3O2. The molecule has 6 heteroatoms. The van der Waals surface area contributed by atoms with Crippen LogP contribution in [0.25, 0.3) is 0 Å². The molecule has 0 radical (unpaired) electrons. The van der Waals surface area contributed by atoms with Crippen molar-refractivity contribution in [2.45, 2.75) is 13.0 Å². The SMILES string of the molecule is Cn1ccc(CCNCc2cc(Br)c3c(c2)OCCO3)n1. The van der Waals surface area contributed by atoms with E-state index in [9.17, 15) is 0 Å². The van der Waals surface area contributed by atoms with Crippen LogP contribution in [0.5, 0.6) is 11.5 Å². The molecule has 0 amide bonds. The van der Waals surface area contributed by atoms with Crippen molar-refractivity contribution in [2.24, 2.45) is 7.05 Å². The van der Waals surface area contributed by atoms with Gasteiger partial charge in [0.1, 0.15) is 13.2 Å². The van der Waals surface area contributed by atoms with Crippen LogP contribution in [0.2, 0.25) is 0 Å². The van der Waals surface area contributed by atoms with Gasteiger partial charge < -0.3 is 14.8 Å². The van der Waals surface area contributed by atoms with Gasteiger partial charge in [-0.2, -0.15) is 5.10 Å². The molecule has 2 aromatic rings. The lowest BCUT2D eigenvalue weighted by molar-refractivity contribution is 0.170. The third kappa shape index (κ3) is 3.57. The maximum absolute atomic E-state index is 5.63. The van der Waals surface area contributed by atoms with Gasteiger partial charge in [0.05, 0.1) is 10.2 Å². The maximum atomic E-state index is 5.63. The minimum Gasteiger partial charge on any atom is -0.486 e. The van der Waals surface area contributed by atoms with E-state index < -0.39 is 0 Å². The summed E-state index contributed by atoms with van der Waals surface area (Å²) in [7, 11) is 1.93. The van der Waals surface area contributed by atoms with Crippen LogP contribution in [0.1, 0.15) is 11.3 Å². The van der Waals surface area contributed by atoms with Gasteiger partial charge in [0.25, 0.3) is 0 Å². The third-order valence-corrected chi connectivity index (χ3v) is 3.90. The monoisotopic (exact) mass is 351 g/mol. The predicted molar refractivity (Wildman–Crippen MR) is 83.8 cm³/mol. The van der Waals surface area contributed by atoms with E-state index in [1.165, 1.54) is 5.56 Å². The van der Waals surface area contributed by atoms with E-state index in [-0.39, 0.29) is 0 Å². The lowest BCUT2D eigenvalue weighted by Crippen LogP contribution is -2.19. The van der Waals surface area contributed by atoms with Crippen LogP contribution in [-0.4, -0.2) is 29.5 Å². The number of nitrogens with one attached hydrogen (secondary N) is 1. The first-order valence-electron chi connectivity index (χ1n) is 6.99. The predicted octanol–water partition coefficient (Wildman–Crippen LogP) is 2.29. The van der Waals surface area contributed by atoms with Crippen molar-refractivity contribution in [1.29, 1.82) is 0 Å². The summed E-state index contributed by atoms with van der Waals surface area (Å²) in [4.78, 5) is 0. The van der Waals surface area contributed by atoms with Crippen LogP contribution >= 0.6 is 15.9 Å². The van der Waals surface area contributed by atoms with Crippen LogP contribution in [0.4, 0.5) is 0 Å². The molecule has 3 rings (SSSR count). The fraction of sp³-hybridized carbons (Fsp3) is 0.400. The topological polar surface area (TPSA) is 48.3 Å². The van der Waals surface area contributed by atoms with Crippen molar-refractivity contribution in [1.82, 2.24) is 15.1 Å². The number of rotatable bonds is 5. The van der Waals surface area contributed by atoms with Gasteiger partial charge in [-0.1, -0.05) is 0 Å². The van der Waals surface area contributed by atoms with Crippen LogP contribution in [0.3, 0.4) is 0 Å². The van der Waals surface area contributed by atoms with E-state index in [2.05, 4.69) is 32.4 Å². The van der Waals surface area contributed by atoms with Crippen molar-refractivity contribution < 1.29 is 9.47 Å². The molecule has 0 spiro atoms. The molecule has 0 unspecified atom stereocenters. The Morgan fingerprint density at radius 1 is 1.33 bits per heavy atom. The number of aromatic nitrogens is 2. The van der Waals surface area contributed by atoms with Crippen LogP contribution in [0, 0.1) is 0 Å². The van der Waals surface area contributed by atoms with Gasteiger partial charge in [-0.15, -0.1) is 0 Å². The summed E-state index contributed by atoms with van der Waals surface area (Å²) < 4.78 is 14.0. The lowest BCUT2D eigenvalue weighted by atomic mass is 10.2. The van der Waals surface area contributed by atoms with Gasteiger partial charge in [-0.3, -0.25) is 4.68 Å². The standard InChI is InChI=1S/C15H18BrN3O2/c1-19-5-3-12(18-19)2-4-17-10-11-8-13(16)15-14(9-11)20-6-7-21-15/h3,5,8-9,17H,2,4,6-7,10H2,1H3. The summed E-state index contributed by atoms with van der Waals surface area (Å²) in [5.74, 6) is 1.62. The smallest absolute Gasteiger partial charge is 0.175 e. The van der Waals surface area contributed by atoms with E-state index in [0.717, 1.165) is 41.2 Å². The summed E-state index contributed by atoms with van der Waals surface area (Å²) in [6.07, 6.45) is 2.89. The van der Waals surface area contributed by atoms with Crippen molar-refractivity contribution >= 4 is 15.9 Å². The fourth-order valence-electron chi connectivity index (χ4n) is 2.31. The normalized spacial score (nSPS) is 13.4. The summed E-state index contributed by atoms with van der Waals surface area (Å²) >= 11 is 3.54. The maximum Gasteiger partial charge on any atom is 0.175 e. The highest BCUT2D eigenvalue weighted by Crippen LogP contribution is 2.38. The number of fused-ring (bicyclic) bond motifs is 1. The second kappa shape index (κ2) is 6.49. The Labute approximate surface area is 132 Å².